The summed E-state index contributed by atoms with van der Waals surface area (Å²) in [6, 6.07) is 11.2. The van der Waals surface area contributed by atoms with E-state index in [1.807, 2.05) is 24.3 Å². The molecule has 1 aliphatic heterocycles. The Hall–Kier alpha value is -3.42. The van der Waals surface area contributed by atoms with Gasteiger partial charge in [0.2, 0.25) is 0 Å². The van der Waals surface area contributed by atoms with Gasteiger partial charge in [-0.05, 0) is 36.6 Å². The number of methoxy groups -OCH3 is 1. The average Bonchev–Trinajstić information content (AvgIpc) is 3.39. The van der Waals surface area contributed by atoms with Crippen molar-refractivity contribution in [3.05, 3.63) is 65.9 Å². The molecule has 1 fully saturated rings. The summed E-state index contributed by atoms with van der Waals surface area (Å²) < 4.78 is 34.3. The number of halogens is 2. The Morgan fingerprint density at radius 2 is 2.10 bits per heavy atom. The van der Waals surface area contributed by atoms with Crippen molar-refractivity contribution in [1.82, 2.24) is 15.1 Å². The van der Waals surface area contributed by atoms with Crippen LogP contribution in [0.25, 0.3) is 11.3 Å². The number of aryl methyl sites for hydroxylation is 1. The highest BCUT2D eigenvalue weighted by Crippen LogP contribution is 2.28. The molecule has 1 unspecified atom stereocenters. The number of hydrogen-bond acceptors (Lipinski definition) is 4. The molecular formula is C23H24F2N4O2. The highest BCUT2D eigenvalue weighted by atomic mass is 19.1. The summed E-state index contributed by atoms with van der Waals surface area (Å²) in [7, 11) is 3.30. The fourth-order valence-corrected chi connectivity index (χ4v) is 3.91. The van der Waals surface area contributed by atoms with Crippen LogP contribution in [0.15, 0.2) is 48.7 Å². The number of anilines is 1. The van der Waals surface area contributed by atoms with E-state index in [0.29, 0.717) is 6.54 Å². The molecule has 1 atom stereocenters. The summed E-state index contributed by atoms with van der Waals surface area (Å²) >= 11 is 0. The van der Waals surface area contributed by atoms with Crippen molar-refractivity contribution < 1.29 is 18.3 Å². The summed E-state index contributed by atoms with van der Waals surface area (Å²) in [4.78, 5) is 15.1. The molecule has 0 bridgehead atoms. The lowest BCUT2D eigenvalue weighted by Crippen LogP contribution is -2.31. The van der Waals surface area contributed by atoms with Crippen LogP contribution in [-0.2, 0) is 7.05 Å². The normalized spacial score (nSPS) is 15.9. The van der Waals surface area contributed by atoms with Crippen LogP contribution in [0.1, 0.15) is 16.8 Å². The number of nitrogens with one attached hydrogen (secondary N) is 1. The summed E-state index contributed by atoms with van der Waals surface area (Å²) in [6.07, 6.45) is 2.49. The van der Waals surface area contributed by atoms with E-state index in [2.05, 4.69) is 15.3 Å². The second-order valence-electron chi connectivity index (χ2n) is 7.70. The number of amides is 1. The van der Waals surface area contributed by atoms with Gasteiger partial charge in [-0.15, -0.1) is 0 Å². The number of ether oxygens (including phenoxy) is 1. The summed E-state index contributed by atoms with van der Waals surface area (Å²) in [6.45, 7) is 2.21. The maximum absolute atomic E-state index is 14.2. The molecule has 2 aromatic carbocycles. The SMILES string of the molecule is COc1cccc(N2CCC(CNC(=O)c3cn(C)nc3-c3ccc(F)cc3F)C2)c1. The molecule has 0 saturated carbocycles. The van der Waals surface area contributed by atoms with Crippen molar-refractivity contribution in [3.63, 3.8) is 0 Å². The lowest BCUT2D eigenvalue weighted by atomic mass is 10.1. The predicted molar refractivity (Wildman–Crippen MR) is 114 cm³/mol. The molecule has 8 heteroatoms. The van der Waals surface area contributed by atoms with Gasteiger partial charge in [0.1, 0.15) is 23.1 Å². The zero-order valence-electron chi connectivity index (χ0n) is 17.4. The Morgan fingerprint density at radius 1 is 1.26 bits per heavy atom. The number of rotatable bonds is 6. The quantitative estimate of drug-likeness (QED) is 0.654. The number of hydrogen-bond donors (Lipinski definition) is 1. The van der Waals surface area contributed by atoms with Crippen molar-refractivity contribution in [3.8, 4) is 17.0 Å². The molecule has 3 aromatic rings. The third kappa shape index (κ3) is 4.52. The lowest BCUT2D eigenvalue weighted by molar-refractivity contribution is 0.0949. The van der Waals surface area contributed by atoms with Crippen LogP contribution in [0.4, 0.5) is 14.5 Å². The maximum Gasteiger partial charge on any atom is 0.255 e. The largest absolute Gasteiger partial charge is 0.497 e. The summed E-state index contributed by atoms with van der Waals surface area (Å²) in [5.41, 5.74) is 1.64. The fourth-order valence-electron chi connectivity index (χ4n) is 3.91. The van der Waals surface area contributed by atoms with Crippen molar-refractivity contribution in [2.24, 2.45) is 13.0 Å². The Morgan fingerprint density at radius 3 is 2.87 bits per heavy atom. The van der Waals surface area contributed by atoms with E-state index in [1.54, 1.807) is 20.4 Å². The van der Waals surface area contributed by atoms with Crippen molar-refractivity contribution in [1.29, 1.82) is 0 Å². The first kappa shape index (κ1) is 20.8. The smallest absolute Gasteiger partial charge is 0.255 e. The third-order valence-corrected chi connectivity index (χ3v) is 5.52. The van der Waals surface area contributed by atoms with Gasteiger partial charge in [-0.2, -0.15) is 5.10 Å². The van der Waals surface area contributed by atoms with Crippen LogP contribution in [0, 0.1) is 17.6 Å². The Balaban J connectivity index is 1.42. The summed E-state index contributed by atoms with van der Waals surface area (Å²) in [5, 5.41) is 7.16. The minimum absolute atomic E-state index is 0.0946. The monoisotopic (exact) mass is 426 g/mol. The molecule has 0 radical (unpaired) electrons. The number of carbonyl (C=O) groups is 1. The first-order chi connectivity index (χ1) is 14.9. The molecular weight excluding hydrogens is 402 g/mol. The highest BCUT2D eigenvalue weighted by molar-refractivity contribution is 5.99. The van der Waals surface area contributed by atoms with Gasteiger partial charge in [0.15, 0.2) is 0 Å². The summed E-state index contributed by atoms with van der Waals surface area (Å²) in [5.74, 6) is -0.654. The molecule has 0 spiro atoms. The lowest BCUT2D eigenvalue weighted by Gasteiger charge is -2.19. The Bertz CT molecular complexity index is 1100. The van der Waals surface area contributed by atoms with Crippen molar-refractivity contribution in [2.45, 2.75) is 6.42 Å². The van der Waals surface area contributed by atoms with Crippen molar-refractivity contribution >= 4 is 11.6 Å². The van der Waals surface area contributed by atoms with E-state index < -0.39 is 11.6 Å². The molecule has 1 saturated heterocycles. The van der Waals surface area contributed by atoms with Gasteiger partial charge in [-0.25, -0.2) is 8.78 Å². The van der Waals surface area contributed by atoms with Crippen LogP contribution in [-0.4, -0.2) is 42.4 Å². The van der Waals surface area contributed by atoms with Crippen LogP contribution in [0.5, 0.6) is 5.75 Å². The molecule has 1 amide bonds. The highest BCUT2D eigenvalue weighted by Gasteiger charge is 2.25. The van der Waals surface area contributed by atoms with Crippen molar-refractivity contribution in [2.75, 3.05) is 31.6 Å². The maximum atomic E-state index is 14.2. The van der Waals surface area contributed by atoms with E-state index in [4.69, 9.17) is 4.74 Å². The third-order valence-electron chi connectivity index (χ3n) is 5.52. The predicted octanol–water partition coefficient (Wildman–Crippen LogP) is 3.63. The zero-order chi connectivity index (χ0) is 22.0. The standard InChI is InChI=1S/C23H24F2N4O2/c1-28-14-20(22(27-28)19-7-6-16(24)10-21(19)25)23(30)26-12-15-8-9-29(13-15)17-4-3-5-18(11-17)31-2/h3-7,10-11,14-15H,8-9,12-13H2,1-2H3,(H,26,30). The van der Waals surface area contributed by atoms with Crippen LogP contribution >= 0.6 is 0 Å². The zero-order valence-corrected chi connectivity index (χ0v) is 17.4. The molecule has 2 heterocycles. The molecule has 1 aliphatic rings. The van der Waals surface area contributed by atoms with E-state index in [0.717, 1.165) is 43.1 Å². The number of aromatic nitrogens is 2. The van der Waals surface area contributed by atoms with Gasteiger partial charge in [0, 0.05) is 56.3 Å². The Labute approximate surface area is 179 Å². The van der Waals surface area contributed by atoms with Gasteiger partial charge in [-0.1, -0.05) is 6.07 Å². The topological polar surface area (TPSA) is 59.4 Å². The van der Waals surface area contributed by atoms with Gasteiger partial charge < -0.3 is 15.0 Å². The molecule has 162 valence electrons. The minimum atomic E-state index is -0.752. The average molecular weight is 426 g/mol. The second kappa shape index (κ2) is 8.75. The first-order valence-electron chi connectivity index (χ1n) is 10.1. The first-order valence-corrected chi connectivity index (χ1v) is 10.1. The molecule has 0 aliphatic carbocycles. The molecule has 1 N–H and O–H groups in total. The number of nitrogens with zero attached hydrogens (tertiary/aromatic N) is 3. The number of benzene rings is 2. The van der Waals surface area contributed by atoms with Gasteiger partial charge in [-0.3, -0.25) is 9.48 Å². The van der Waals surface area contributed by atoms with E-state index in [1.165, 1.54) is 10.7 Å². The van der Waals surface area contributed by atoms with Crippen LogP contribution in [0.2, 0.25) is 0 Å². The van der Waals surface area contributed by atoms with Gasteiger partial charge in [0.05, 0.1) is 12.7 Å². The minimum Gasteiger partial charge on any atom is -0.497 e. The fraction of sp³-hybridized carbons (Fsp3) is 0.304. The van der Waals surface area contributed by atoms with Crippen LogP contribution in [0.3, 0.4) is 0 Å². The second-order valence-corrected chi connectivity index (χ2v) is 7.70. The molecule has 31 heavy (non-hydrogen) atoms. The molecule has 6 nitrogen and oxygen atoms in total. The molecule has 4 rings (SSSR count). The van der Waals surface area contributed by atoms with E-state index in [9.17, 15) is 13.6 Å². The van der Waals surface area contributed by atoms with E-state index in [-0.39, 0.29) is 28.6 Å². The number of carbonyl (C=O) groups excluding carboxylic acids is 1. The van der Waals surface area contributed by atoms with Gasteiger partial charge in [0.25, 0.3) is 5.91 Å². The van der Waals surface area contributed by atoms with Crippen LogP contribution < -0.4 is 15.0 Å². The molecule has 1 aromatic heterocycles. The van der Waals surface area contributed by atoms with Gasteiger partial charge >= 0.3 is 0 Å². The van der Waals surface area contributed by atoms with E-state index >= 15 is 0 Å². The Kier molecular flexibility index (Phi) is 5.88.